The Morgan fingerprint density at radius 3 is 3.00 bits per heavy atom. The lowest BCUT2D eigenvalue weighted by Gasteiger charge is -1.96. The quantitative estimate of drug-likeness (QED) is 0.387. The Kier molecular flexibility index (Phi) is 1.36. The second-order valence-corrected chi connectivity index (χ2v) is 2.41. The van der Waals surface area contributed by atoms with Crippen molar-refractivity contribution in [1.82, 2.24) is 0 Å². The van der Waals surface area contributed by atoms with Gasteiger partial charge in [0.2, 0.25) is 0 Å². The molecule has 2 rings (SSSR count). The Morgan fingerprint density at radius 2 is 2.33 bits per heavy atom. The molecule has 60 valence electrons. The first-order valence-electron chi connectivity index (χ1n) is 3.43. The van der Waals surface area contributed by atoms with Crippen LogP contribution < -0.4 is 0 Å². The molecule has 2 aliphatic rings. The zero-order valence-electron chi connectivity index (χ0n) is 6.04. The molecular formula is C7H5N3O2. The summed E-state index contributed by atoms with van der Waals surface area (Å²) in [6.45, 7) is 0. The number of nitro groups is 1. The number of guanidine groups is 1. The molecule has 12 heavy (non-hydrogen) atoms. The molecule has 0 saturated carbocycles. The summed E-state index contributed by atoms with van der Waals surface area (Å²) in [4.78, 5) is 17.2. The molecule has 0 bridgehead atoms. The molecule has 1 aliphatic heterocycles. The van der Waals surface area contributed by atoms with Gasteiger partial charge in [-0.2, -0.15) is 0 Å². The van der Waals surface area contributed by atoms with Gasteiger partial charge in [0.05, 0.1) is 0 Å². The van der Waals surface area contributed by atoms with Crippen molar-refractivity contribution in [2.45, 2.75) is 6.04 Å². The molecule has 5 nitrogen and oxygen atoms in total. The smallest absolute Gasteiger partial charge is 0.390 e. The van der Waals surface area contributed by atoms with E-state index in [4.69, 9.17) is 0 Å². The van der Waals surface area contributed by atoms with Gasteiger partial charge in [-0.15, -0.1) is 0 Å². The van der Waals surface area contributed by atoms with Gasteiger partial charge in [-0.3, -0.25) is 0 Å². The largest absolute Gasteiger partial charge is 0.464 e. The van der Waals surface area contributed by atoms with Crippen molar-refractivity contribution in [3.63, 3.8) is 0 Å². The van der Waals surface area contributed by atoms with Crippen LogP contribution in [0.2, 0.25) is 0 Å². The van der Waals surface area contributed by atoms with Crippen molar-refractivity contribution >= 4 is 11.7 Å². The molecular weight excluding hydrogens is 158 g/mol. The van der Waals surface area contributed by atoms with Crippen LogP contribution in [0.3, 0.4) is 0 Å². The Morgan fingerprint density at radius 1 is 1.50 bits per heavy atom. The number of allylic oxidation sites excluding steroid dienone is 2. The van der Waals surface area contributed by atoms with E-state index in [1.165, 1.54) is 0 Å². The van der Waals surface area contributed by atoms with Crippen molar-refractivity contribution in [1.29, 1.82) is 0 Å². The van der Waals surface area contributed by atoms with Crippen molar-refractivity contribution in [2.24, 2.45) is 9.98 Å². The van der Waals surface area contributed by atoms with Crippen LogP contribution in [0.1, 0.15) is 0 Å². The van der Waals surface area contributed by atoms with Crippen LogP contribution in [0.5, 0.6) is 0 Å². The van der Waals surface area contributed by atoms with Crippen molar-refractivity contribution in [2.75, 3.05) is 0 Å². The second kappa shape index (κ2) is 2.37. The van der Waals surface area contributed by atoms with Gasteiger partial charge in [0.25, 0.3) is 0 Å². The minimum Gasteiger partial charge on any atom is -0.390 e. The minimum atomic E-state index is -0.576. The zero-order valence-corrected chi connectivity index (χ0v) is 6.04. The highest BCUT2D eigenvalue weighted by Gasteiger charge is 2.30. The highest BCUT2D eigenvalue weighted by Crippen LogP contribution is 2.12. The Balaban J connectivity index is 2.35. The number of hydrogen-bond donors (Lipinski definition) is 0. The van der Waals surface area contributed by atoms with E-state index in [9.17, 15) is 10.1 Å². The fraction of sp³-hybridized carbons (Fsp3) is 0.143. The summed E-state index contributed by atoms with van der Waals surface area (Å²) in [6.07, 6.45) is 7.09. The normalized spacial score (nSPS) is 24.8. The van der Waals surface area contributed by atoms with Gasteiger partial charge in [-0.05, 0) is 17.1 Å². The summed E-state index contributed by atoms with van der Waals surface area (Å²) >= 11 is 0. The van der Waals surface area contributed by atoms with E-state index in [-0.39, 0.29) is 12.0 Å². The Hall–Kier alpha value is -1.78. The third-order valence-corrected chi connectivity index (χ3v) is 1.62. The van der Waals surface area contributed by atoms with Crippen LogP contribution in [0.15, 0.2) is 34.3 Å². The lowest BCUT2D eigenvalue weighted by atomic mass is 10.1. The van der Waals surface area contributed by atoms with Crippen molar-refractivity contribution < 1.29 is 4.92 Å². The van der Waals surface area contributed by atoms with Gasteiger partial charge in [-0.25, -0.2) is 0 Å². The first-order chi connectivity index (χ1) is 5.77. The summed E-state index contributed by atoms with van der Waals surface area (Å²) in [5.74, 6) is -0.300. The van der Waals surface area contributed by atoms with E-state index >= 15 is 0 Å². The molecule has 0 aromatic heterocycles. The Labute approximate surface area is 68.0 Å². The molecule has 0 N–H and O–H groups in total. The van der Waals surface area contributed by atoms with E-state index in [2.05, 4.69) is 9.98 Å². The van der Waals surface area contributed by atoms with E-state index in [1.54, 1.807) is 24.3 Å². The maximum absolute atomic E-state index is 10.3. The van der Waals surface area contributed by atoms with Gasteiger partial charge in [0, 0.05) is 0 Å². The standard InChI is InChI=1S/C7H5N3O2/c11-10(12)7-8-5-3-1-2-4-6(5)9-7/h1-5H. The number of fused-ring (bicyclic) bond motifs is 1. The summed E-state index contributed by atoms with van der Waals surface area (Å²) in [6, 6.07) is -0.240. The molecule has 0 amide bonds. The number of rotatable bonds is 0. The third kappa shape index (κ3) is 0.952. The molecule has 1 heterocycles. The molecule has 1 aliphatic carbocycles. The monoisotopic (exact) mass is 163 g/mol. The number of nitrogens with zero attached hydrogens (tertiary/aromatic N) is 3. The van der Waals surface area contributed by atoms with E-state index in [0.29, 0.717) is 5.71 Å². The average Bonchev–Trinajstić information content (AvgIpc) is 2.46. The molecule has 1 unspecified atom stereocenters. The van der Waals surface area contributed by atoms with Crippen LogP contribution in [0.25, 0.3) is 0 Å². The summed E-state index contributed by atoms with van der Waals surface area (Å²) in [7, 11) is 0. The number of aliphatic imine (C=N–C) groups is 2. The highest BCUT2D eigenvalue weighted by atomic mass is 16.6. The molecule has 1 atom stereocenters. The zero-order chi connectivity index (χ0) is 8.55. The first-order valence-corrected chi connectivity index (χ1v) is 3.43. The summed E-state index contributed by atoms with van der Waals surface area (Å²) in [5.41, 5.74) is 0.643. The van der Waals surface area contributed by atoms with E-state index < -0.39 is 4.92 Å². The number of hydrogen-bond acceptors (Lipinski definition) is 4. The average molecular weight is 163 g/mol. The lowest BCUT2D eigenvalue weighted by molar-refractivity contribution is -0.351. The van der Waals surface area contributed by atoms with Crippen LogP contribution in [0.4, 0.5) is 0 Å². The predicted octanol–water partition coefficient (Wildman–Crippen LogP) is 0.568. The molecule has 0 radical (unpaired) electrons. The molecule has 0 aromatic carbocycles. The van der Waals surface area contributed by atoms with E-state index in [1.807, 2.05) is 0 Å². The SMILES string of the molecule is O=[N+]([O-])C1=NC2C=CC=CC2=N1. The second-order valence-electron chi connectivity index (χ2n) is 2.41. The summed E-state index contributed by atoms with van der Waals surface area (Å²) < 4.78 is 0. The summed E-state index contributed by atoms with van der Waals surface area (Å²) in [5, 5.41) is 10.3. The molecule has 0 saturated heterocycles. The fourth-order valence-electron chi connectivity index (χ4n) is 1.09. The van der Waals surface area contributed by atoms with Crippen LogP contribution in [-0.2, 0) is 0 Å². The topological polar surface area (TPSA) is 67.9 Å². The molecule has 0 fully saturated rings. The van der Waals surface area contributed by atoms with Gasteiger partial charge < -0.3 is 10.1 Å². The first kappa shape index (κ1) is 6.90. The highest BCUT2D eigenvalue weighted by molar-refractivity contribution is 6.10. The van der Waals surface area contributed by atoms with E-state index in [0.717, 1.165) is 0 Å². The fourth-order valence-corrected chi connectivity index (χ4v) is 1.09. The van der Waals surface area contributed by atoms with Gasteiger partial charge in [0.15, 0.2) is 11.8 Å². The third-order valence-electron chi connectivity index (χ3n) is 1.62. The maximum atomic E-state index is 10.3. The van der Waals surface area contributed by atoms with Crippen LogP contribution in [-0.4, -0.2) is 22.6 Å². The van der Waals surface area contributed by atoms with Gasteiger partial charge in [0.1, 0.15) is 0 Å². The maximum Gasteiger partial charge on any atom is 0.464 e. The van der Waals surface area contributed by atoms with Crippen LogP contribution in [0, 0.1) is 10.1 Å². The molecule has 0 aromatic rings. The molecule has 5 heteroatoms. The van der Waals surface area contributed by atoms with Gasteiger partial charge >= 0.3 is 5.96 Å². The minimum absolute atomic E-state index is 0.240. The van der Waals surface area contributed by atoms with Crippen molar-refractivity contribution in [3.8, 4) is 0 Å². The van der Waals surface area contributed by atoms with Gasteiger partial charge in [-0.1, -0.05) is 22.1 Å². The lowest BCUT2D eigenvalue weighted by Crippen LogP contribution is -2.11. The Bertz CT molecular complexity index is 352. The predicted molar refractivity (Wildman–Crippen MR) is 43.9 cm³/mol. The van der Waals surface area contributed by atoms with Crippen molar-refractivity contribution in [3.05, 3.63) is 34.4 Å². The van der Waals surface area contributed by atoms with Crippen LogP contribution >= 0.6 is 0 Å². The molecule has 0 spiro atoms.